The standard InChI is InChI=1S/C23H23ClN2O4/c24-22-6-3-16(23-10-18(28)9-20(13-27)30-23)8-17(22)7-15-1-4-19(5-2-15)29-21-11-25-14-26-12-21/h1-6,8,11-12,14,18,20,23,27-28H,7,9-10,13H2/t18?,20-,23+/m0/s1. The number of hydrogen-bond acceptors (Lipinski definition) is 6. The molecule has 1 aromatic heterocycles. The predicted molar refractivity (Wildman–Crippen MR) is 113 cm³/mol. The Morgan fingerprint density at radius 2 is 1.80 bits per heavy atom. The van der Waals surface area contributed by atoms with Crippen LogP contribution in [-0.4, -0.2) is 39.0 Å². The number of benzene rings is 2. The van der Waals surface area contributed by atoms with Gasteiger partial charge in [0, 0.05) is 17.9 Å². The van der Waals surface area contributed by atoms with E-state index < -0.39 is 6.10 Å². The van der Waals surface area contributed by atoms with Gasteiger partial charge in [-0.25, -0.2) is 9.97 Å². The molecule has 0 saturated carbocycles. The molecule has 156 valence electrons. The molecule has 6 nitrogen and oxygen atoms in total. The van der Waals surface area contributed by atoms with Gasteiger partial charge in [0.05, 0.1) is 37.3 Å². The molecule has 4 rings (SSSR count). The molecule has 3 aromatic rings. The molecule has 0 radical (unpaired) electrons. The van der Waals surface area contributed by atoms with E-state index in [1.54, 1.807) is 12.4 Å². The van der Waals surface area contributed by atoms with E-state index in [1.807, 2.05) is 42.5 Å². The fourth-order valence-electron chi connectivity index (χ4n) is 3.62. The van der Waals surface area contributed by atoms with E-state index in [0.717, 1.165) is 16.7 Å². The second kappa shape index (κ2) is 9.53. The second-order valence-corrected chi connectivity index (χ2v) is 7.81. The van der Waals surface area contributed by atoms with Crippen molar-refractivity contribution < 1.29 is 19.7 Å². The van der Waals surface area contributed by atoms with Crippen molar-refractivity contribution >= 4 is 11.6 Å². The van der Waals surface area contributed by atoms with Crippen molar-refractivity contribution in [2.24, 2.45) is 0 Å². The number of aliphatic hydroxyl groups excluding tert-OH is 2. The topological polar surface area (TPSA) is 84.7 Å². The van der Waals surface area contributed by atoms with Crippen LogP contribution in [0, 0.1) is 0 Å². The van der Waals surface area contributed by atoms with Crippen LogP contribution in [0.1, 0.15) is 35.6 Å². The van der Waals surface area contributed by atoms with Gasteiger partial charge in [-0.3, -0.25) is 0 Å². The van der Waals surface area contributed by atoms with E-state index in [9.17, 15) is 10.2 Å². The number of aromatic nitrogens is 2. The van der Waals surface area contributed by atoms with E-state index in [4.69, 9.17) is 21.1 Å². The van der Waals surface area contributed by atoms with Crippen LogP contribution in [0.3, 0.4) is 0 Å². The van der Waals surface area contributed by atoms with Crippen molar-refractivity contribution in [3.05, 3.63) is 82.9 Å². The summed E-state index contributed by atoms with van der Waals surface area (Å²) in [4.78, 5) is 7.87. The minimum absolute atomic E-state index is 0.0997. The van der Waals surface area contributed by atoms with Crippen LogP contribution in [0.25, 0.3) is 0 Å². The van der Waals surface area contributed by atoms with Crippen LogP contribution in [0.15, 0.2) is 61.2 Å². The van der Waals surface area contributed by atoms with Crippen LogP contribution in [0.4, 0.5) is 0 Å². The van der Waals surface area contributed by atoms with Gasteiger partial charge in [0.15, 0.2) is 5.75 Å². The van der Waals surface area contributed by atoms with Crippen molar-refractivity contribution in [1.82, 2.24) is 9.97 Å². The smallest absolute Gasteiger partial charge is 0.163 e. The molecule has 0 aliphatic carbocycles. The first-order chi connectivity index (χ1) is 14.6. The summed E-state index contributed by atoms with van der Waals surface area (Å²) in [5.41, 5.74) is 3.02. The minimum Gasteiger partial charge on any atom is -0.454 e. The Morgan fingerprint density at radius 3 is 2.53 bits per heavy atom. The normalized spacial score (nSPS) is 21.4. The van der Waals surface area contributed by atoms with Gasteiger partial charge in [0.2, 0.25) is 0 Å². The number of hydrogen-bond donors (Lipinski definition) is 2. The molecule has 2 N–H and O–H groups in total. The SMILES string of the molecule is OC[C@@H]1CC(O)C[C@H](c2ccc(Cl)c(Cc3ccc(Oc4cncnc4)cc3)c2)O1. The molecule has 1 aliphatic rings. The highest BCUT2D eigenvalue weighted by atomic mass is 35.5. The Hall–Kier alpha value is -2.51. The zero-order valence-corrected chi connectivity index (χ0v) is 17.1. The number of rotatable bonds is 6. The molecule has 3 atom stereocenters. The molecule has 1 unspecified atom stereocenters. The molecule has 2 heterocycles. The zero-order chi connectivity index (χ0) is 20.9. The van der Waals surface area contributed by atoms with Gasteiger partial charge in [0.1, 0.15) is 12.1 Å². The molecular formula is C23H23ClN2O4. The zero-order valence-electron chi connectivity index (χ0n) is 16.3. The maximum absolute atomic E-state index is 10.1. The third kappa shape index (κ3) is 5.15. The summed E-state index contributed by atoms with van der Waals surface area (Å²) >= 11 is 6.44. The van der Waals surface area contributed by atoms with Gasteiger partial charge < -0.3 is 19.7 Å². The van der Waals surface area contributed by atoms with Gasteiger partial charge >= 0.3 is 0 Å². The maximum Gasteiger partial charge on any atom is 0.163 e. The molecular weight excluding hydrogens is 404 g/mol. The number of halogens is 1. The third-order valence-electron chi connectivity index (χ3n) is 5.11. The number of nitrogens with zero attached hydrogens (tertiary/aromatic N) is 2. The highest BCUT2D eigenvalue weighted by molar-refractivity contribution is 6.31. The van der Waals surface area contributed by atoms with Crippen LogP contribution >= 0.6 is 11.6 Å². The molecule has 30 heavy (non-hydrogen) atoms. The summed E-state index contributed by atoms with van der Waals surface area (Å²) in [5, 5.41) is 20.2. The van der Waals surface area contributed by atoms with Gasteiger partial charge in [-0.15, -0.1) is 0 Å². The number of ether oxygens (including phenoxy) is 2. The molecule has 7 heteroatoms. The van der Waals surface area contributed by atoms with Crippen molar-refractivity contribution in [3.63, 3.8) is 0 Å². The Morgan fingerprint density at radius 1 is 1.03 bits per heavy atom. The summed E-state index contributed by atoms with van der Waals surface area (Å²) < 4.78 is 11.7. The quantitative estimate of drug-likeness (QED) is 0.617. The van der Waals surface area contributed by atoms with Crippen LogP contribution in [-0.2, 0) is 11.2 Å². The van der Waals surface area contributed by atoms with Crippen molar-refractivity contribution in [2.45, 2.75) is 37.6 Å². The summed E-state index contributed by atoms with van der Waals surface area (Å²) in [7, 11) is 0. The lowest BCUT2D eigenvalue weighted by Gasteiger charge is -2.32. The average Bonchev–Trinajstić information content (AvgIpc) is 2.77. The van der Waals surface area contributed by atoms with Crippen LogP contribution in [0.2, 0.25) is 5.02 Å². The highest BCUT2D eigenvalue weighted by Gasteiger charge is 2.29. The van der Waals surface area contributed by atoms with E-state index in [1.165, 1.54) is 6.33 Å². The lowest BCUT2D eigenvalue weighted by Crippen LogP contribution is -2.33. The number of aliphatic hydroxyl groups is 2. The lowest BCUT2D eigenvalue weighted by atomic mass is 9.94. The molecule has 1 aliphatic heterocycles. The van der Waals surface area contributed by atoms with Crippen molar-refractivity contribution in [3.8, 4) is 11.5 Å². The van der Waals surface area contributed by atoms with E-state index in [2.05, 4.69) is 9.97 Å². The van der Waals surface area contributed by atoms with Gasteiger partial charge in [-0.1, -0.05) is 35.9 Å². The van der Waals surface area contributed by atoms with Gasteiger partial charge in [0.25, 0.3) is 0 Å². The van der Waals surface area contributed by atoms with Crippen molar-refractivity contribution in [1.29, 1.82) is 0 Å². The first-order valence-electron chi connectivity index (χ1n) is 9.85. The van der Waals surface area contributed by atoms with E-state index in [0.29, 0.717) is 35.8 Å². The van der Waals surface area contributed by atoms with Crippen LogP contribution < -0.4 is 4.74 Å². The lowest BCUT2D eigenvalue weighted by molar-refractivity contribution is -0.113. The van der Waals surface area contributed by atoms with Gasteiger partial charge in [-0.05, 0) is 41.3 Å². The predicted octanol–water partition coefficient (Wildman–Crippen LogP) is 4.09. The average molecular weight is 427 g/mol. The van der Waals surface area contributed by atoms with E-state index >= 15 is 0 Å². The molecule has 2 aromatic carbocycles. The minimum atomic E-state index is -0.484. The summed E-state index contributed by atoms with van der Waals surface area (Å²) in [6.07, 6.45) is 5.20. The molecule has 0 spiro atoms. The van der Waals surface area contributed by atoms with Gasteiger partial charge in [-0.2, -0.15) is 0 Å². The first kappa shape index (κ1) is 20.8. The Labute approximate surface area is 180 Å². The largest absolute Gasteiger partial charge is 0.454 e. The molecule has 1 fully saturated rings. The molecule has 0 bridgehead atoms. The second-order valence-electron chi connectivity index (χ2n) is 7.40. The fourth-order valence-corrected chi connectivity index (χ4v) is 3.81. The monoisotopic (exact) mass is 426 g/mol. The van der Waals surface area contributed by atoms with Crippen LogP contribution in [0.5, 0.6) is 11.5 Å². The fraction of sp³-hybridized carbons (Fsp3) is 0.304. The first-order valence-corrected chi connectivity index (χ1v) is 10.2. The maximum atomic E-state index is 10.1. The van der Waals surface area contributed by atoms with Crippen molar-refractivity contribution in [2.75, 3.05) is 6.61 Å². The summed E-state index contributed by atoms with van der Waals surface area (Å²) in [6, 6.07) is 13.6. The Balaban J connectivity index is 1.47. The third-order valence-corrected chi connectivity index (χ3v) is 5.48. The summed E-state index contributed by atoms with van der Waals surface area (Å²) in [6.45, 7) is -0.0997. The Kier molecular flexibility index (Phi) is 6.59. The molecule has 0 amide bonds. The molecule has 1 saturated heterocycles. The van der Waals surface area contributed by atoms with E-state index in [-0.39, 0.29) is 18.8 Å². The Bertz CT molecular complexity index is 969. The highest BCUT2D eigenvalue weighted by Crippen LogP contribution is 2.34. The summed E-state index contributed by atoms with van der Waals surface area (Å²) in [5.74, 6) is 1.28.